The molecule has 1 saturated carbocycles. The summed E-state index contributed by atoms with van der Waals surface area (Å²) in [5, 5.41) is 19.5. The van der Waals surface area contributed by atoms with Crippen molar-refractivity contribution in [3.8, 4) is 5.75 Å². The maximum Gasteiger partial charge on any atom is 0.341 e. The van der Waals surface area contributed by atoms with Crippen LogP contribution in [0.4, 0.5) is 0 Å². The molecule has 1 unspecified atom stereocenters. The molecule has 7 nitrogen and oxygen atoms in total. The molecule has 0 aromatic heterocycles. The maximum atomic E-state index is 11.6. The number of esters is 1. The van der Waals surface area contributed by atoms with Gasteiger partial charge in [-0.1, -0.05) is 12.1 Å². The summed E-state index contributed by atoms with van der Waals surface area (Å²) in [6.45, 7) is 0.382. The molecule has 160 valence electrons. The van der Waals surface area contributed by atoms with Crippen LogP contribution in [0.25, 0.3) is 0 Å². The van der Waals surface area contributed by atoms with Crippen LogP contribution in [0.1, 0.15) is 36.8 Å². The number of aliphatic hydroxyl groups excluding tert-OH is 1. The van der Waals surface area contributed by atoms with Crippen LogP contribution in [0.2, 0.25) is 0 Å². The lowest BCUT2D eigenvalue weighted by molar-refractivity contribution is -0.145. The van der Waals surface area contributed by atoms with Gasteiger partial charge in [0, 0.05) is 7.11 Å². The van der Waals surface area contributed by atoms with Crippen molar-refractivity contribution in [2.24, 2.45) is 17.8 Å². The van der Waals surface area contributed by atoms with Gasteiger partial charge in [-0.25, -0.2) is 4.79 Å². The number of methoxy groups -OCH3 is 1. The van der Waals surface area contributed by atoms with Crippen molar-refractivity contribution in [2.75, 3.05) is 26.9 Å². The van der Waals surface area contributed by atoms with Gasteiger partial charge < -0.3 is 24.4 Å². The van der Waals surface area contributed by atoms with Crippen LogP contribution in [0.3, 0.4) is 0 Å². The van der Waals surface area contributed by atoms with Gasteiger partial charge in [-0.3, -0.25) is 4.79 Å². The molecule has 1 aromatic carbocycles. The molecule has 0 aliphatic heterocycles. The fourth-order valence-corrected chi connectivity index (χ4v) is 4.84. The molecule has 1 aromatic rings. The van der Waals surface area contributed by atoms with E-state index in [9.17, 15) is 14.7 Å². The molecule has 2 aliphatic rings. The van der Waals surface area contributed by atoms with E-state index in [0.29, 0.717) is 30.8 Å². The second-order valence-corrected chi connectivity index (χ2v) is 7.98. The largest absolute Gasteiger partial charge is 0.482 e. The van der Waals surface area contributed by atoms with Crippen LogP contribution in [-0.2, 0) is 31.9 Å². The Bertz CT molecular complexity index is 717. The first kappa shape index (κ1) is 21.6. The Hall–Kier alpha value is -2.12. The number of hydrogen-bond donors (Lipinski definition) is 2. The van der Waals surface area contributed by atoms with Gasteiger partial charge in [0.15, 0.2) is 6.61 Å². The minimum absolute atomic E-state index is 0.189. The summed E-state index contributed by atoms with van der Waals surface area (Å²) in [5.41, 5.74) is 2.26. The monoisotopic (exact) mass is 406 g/mol. The van der Waals surface area contributed by atoms with E-state index in [1.165, 1.54) is 5.56 Å². The van der Waals surface area contributed by atoms with E-state index < -0.39 is 5.97 Å². The third-order valence-corrected chi connectivity index (χ3v) is 6.15. The highest BCUT2D eigenvalue weighted by atomic mass is 16.5. The Morgan fingerprint density at radius 1 is 1.21 bits per heavy atom. The van der Waals surface area contributed by atoms with Gasteiger partial charge >= 0.3 is 11.9 Å². The van der Waals surface area contributed by atoms with Crippen LogP contribution in [0.15, 0.2) is 18.2 Å². The molecular formula is C22H30O7. The Kier molecular flexibility index (Phi) is 7.50. The molecule has 0 spiro atoms. The second kappa shape index (κ2) is 10.1. The van der Waals surface area contributed by atoms with E-state index in [2.05, 4.69) is 6.07 Å². The van der Waals surface area contributed by atoms with E-state index in [4.69, 9.17) is 19.3 Å². The predicted molar refractivity (Wildman–Crippen MR) is 105 cm³/mol. The summed E-state index contributed by atoms with van der Waals surface area (Å²) in [6.07, 6.45) is 3.87. The van der Waals surface area contributed by atoms with Crippen molar-refractivity contribution in [3.05, 3.63) is 29.3 Å². The number of ether oxygens (including phenoxy) is 3. The summed E-state index contributed by atoms with van der Waals surface area (Å²) < 4.78 is 15.6. The van der Waals surface area contributed by atoms with Crippen molar-refractivity contribution in [1.82, 2.24) is 0 Å². The van der Waals surface area contributed by atoms with E-state index in [-0.39, 0.29) is 31.0 Å². The van der Waals surface area contributed by atoms with Gasteiger partial charge in [0.25, 0.3) is 0 Å². The van der Waals surface area contributed by atoms with Crippen molar-refractivity contribution in [1.29, 1.82) is 0 Å². The van der Waals surface area contributed by atoms with Crippen molar-refractivity contribution in [3.63, 3.8) is 0 Å². The molecule has 0 amide bonds. The minimum Gasteiger partial charge on any atom is -0.482 e. The molecule has 4 atom stereocenters. The maximum absolute atomic E-state index is 11.6. The average Bonchev–Trinajstić information content (AvgIpc) is 3.00. The first-order valence-electron chi connectivity index (χ1n) is 10.3. The van der Waals surface area contributed by atoms with E-state index in [0.717, 1.165) is 37.7 Å². The number of aliphatic hydroxyl groups is 1. The zero-order valence-corrected chi connectivity index (χ0v) is 16.8. The molecule has 2 aliphatic carbocycles. The molecule has 29 heavy (non-hydrogen) atoms. The number of hydrogen-bond acceptors (Lipinski definition) is 6. The summed E-state index contributed by atoms with van der Waals surface area (Å²) in [6, 6.07) is 5.79. The highest BCUT2D eigenvalue weighted by molar-refractivity contribution is 5.69. The van der Waals surface area contributed by atoms with Gasteiger partial charge in [-0.05, 0) is 67.1 Å². The van der Waals surface area contributed by atoms with Crippen LogP contribution >= 0.6 is 0 Å². The van der Waals surface area contributed by atoms with Crippen LogP contribution in [-0.4, -0.2) is 55.2 Å². The van der Waals surface area contributed by atoms with Gasteiger partial charge in [-0.15, -0.1) is 0 Å². The zero-order chi connectivity index (χ0) is 20.8. The van der Waals surface area contributed by atoms with Crippen LogP contribution in [0, 0.1) is 17.8 Å². The third-order valence-electron chi connectivity index (χ3n) is 6.15. The van der Waals surface area contributed by atoms with E-state index >= 15 is 0 Å². The molecule has 2 N–H and O–H groups in total. The number of carbonyl (C=O) groups is 2. The topological polar surface area (TPSA) is 102 Å². The Morgan fingerprint density at radius 2 is 2.03 bits per heavy atom. The second-order valence-electron chi connectivity index (χ2n) is 7.98. The molecular weight excluding hydrogens is 376 g/mol. The number of carboxylic acid groups (broad SMARTS) is 1. The third kappa shape index (κ3) is 5.48. The predicted octanol–water partition coefficient (Wildman–Crippen LogP) is 2.22. The van der Waals surface area contributed by atoms with Gasteiger partial charge in [0.2, 0.25) is 0 Å². The van der Waals surface area contributed by atoms with Gasteiger partial charge in [0.05, 0.1) is 25.7 Å². The number of carbonyl (C=O) groups excluding carboxylic acids is 1. The lowest BCUT2D eigenvalue weighted by atomic mass is 9.73. The lowest BCUT2D eigenvalue weighted by Gasteiger charge is -2.32. The van der Waals surface area contributed by atoms with E-state index in [1.54, 1.807) is 7.11 Å². The Morgan fingerprint density at radius 3 is 2.79 bits per heavy atom. The highest BCUT2D eigenvalue weighted by Crippen LogP contribution is 2.48. The van der Waals surface area contributed by atoms with Gasteiger partial charge in [-0.2, -0.15) is 0 Å². The SMILES string of the molecule is COCCC(=O)OCCC[C@H]1[C@H](O)CC2Cc3c(cccc3OCC(=O)O)C[C@@H]21. The molecule has 0 radical (unpaired) electrons. The smallest absolute Gasteiger partial charge is 0.341 e. The van der Waals surface area contributed by atoms with Crippen LogP contribution in [0.5, 0.6) is 5.75 Å². The number of rotatable bonds is 10. The molecule has 7 heteroatoms. The lowest BCUT2D eigenvalue weighted by Crippen LogP contribution is -2.27. The normalized spacial score (nSPS) is 25.2. The average molecular weight is 406 g/mol. The number of benzene rings is 1. The van der Waals surface area contributed by atoms with Crippen molar-refractivity contribution in [2.45, 2.75) is 44.6 Å². The summed E-state index contributed by atoms with van der Waals surface area (Å²) in [5.74, 6) is 0.337. The van der Waals surface area contributed by atoms with Crippen LogP contribution < -0.4 is 4.74 Å². The molecule has 0 saturated heterocycles. The van der Waals surface area contributed by atoms with E-state index in [1.807, 2.05) is 12.1 Å². The number of fused-ring (bicyclic) bond motifs is 2. The fourth-order valence-electron chi connectivity index (χ4n) is 4.84. The molecule has 0 bridgehead atoms. The molecule has 0 heterocycles. The molecule has 3 rings (SSSR count). The standard InChI is InChI=1S/C22H30O7/c1-27-9-7-22(26)28-8-3-5-16-17-10-14-4-2-6-20(29-13-21(24)25)18(14)11-15(17)12-19(16)23/h2,4,6,15-17,19,23H,3,5,7-13H2,1H3,(H,24,25)/t15?,16-,17+,19-/m1/s1. The zero-order valence-electron chi connectivity index (χ0n) is 16.8. The molecule has 1 fully saturated rings. The number of aliphatic carboxylic acids is 1. The quantitative estimate of drug-likeness (QED) is 0.454. The first-order valence-corrected chi connectivity index (χ1v) is 10.3. The fraction of sp³-hybridized carbons (Fsp3) is 0.636. The van der Waals surface area contributed by atoms with Gasteiger partial charge in [0.1, 0.15) is 5.75 Å². The number of carboxylic acids is 1. The first-order chi connectivity index (χ1) is 14.0. The highest BCUT2D eigenvalue weighted by Gasteiger charge is 2.44. The van der Waals surface area contributed by atoms with Crippen molar-refractivity contribution >= 4 is 11.9 Å². The summed E-state index contributed by atoms with van der Waals surface area (Å²) in [7, 11) is 1.55. The minimum atomic E-state index is -0.990. The summed E-state index contributed by atoms with van der Waals surface area (Å²) >= 11 is 0. The summed E-state index contributed by atoms with van der Waals surface area (Å²) in [4.78, 5) is 22.4. The Balaban J connectivity index is 1.56. The Labute approximate surface area is 171 Å². The van der Waals surface area contributed by atoms with Crippen molar-refractivity contribution < 1.29 is 34.0 Å².